The van der Waals surface area contributed by atoms with Gasteiger partial charge in [-0.3, -0.25) is 9.59 Å². The Balaban J connectivity index is 1.87. The Morgan fingerprint density at radius 2 is 2.00 bits per heavy atom. The number of esters is 1. The summed E-state index contributed by atoms with van der Waals surface area (Å²) in [6.45, 7) is 5.05. The molecule has 6 nitrogen and oxygen atoms in total. The van der Waals surface area contributed by atoms with Gasteiger partial charge in [-0.25, -0.2) is 0 Å². The maximum absolute atomic E-state index is 13.0. The highest BCUT2D eigenvalue weighted by Gasteiger charge is 2.45. The molecule has 2 heterocycles. The van der Waals surface area contributed by atoms with Crippen molar-refractivity contribution in [1.29, 1.82) is 0 Å². The Labute approximate surface area is 165 Å². The lowest BCUT2D eigenvalue weighted by atomic mass is 9.74. The Kier molecular flexibility index (Phi) is 6.07. The maximum Gasteiger partial charge on any atom is 0.314 e. The van der Waals surface area contributed by atoms with Gasteiger partial charge in [0.2, 0.25) is 0 Å². The van der Waals surface area contributed by atoms with Crippen LogP contribution in [0.15, 0.2) is 40.8 Å². The van der Waals surface area contributed by atoms with Crippen LogP contribution in [0.1, 0.15) is 41.4 Å². The van der Waals surface area contributed by atoms with E-state index in [1.54, 1.807) is 24.0 Å². The molecule has 1 amide bonds. The number of carbonyl (C=O) groups excluding carboxylic acids is 2. The minimum Gasteiger partial charge on any atom is -0.468 e. The van der Waals surface area contributed by atoms with E-state index in [-0.39, 0.29) is 23.6 Å². The number of hydrogen-bond acceptors (Lipinski definition) is 5. The van der Waals surface area contributed by atoms with E-state index in [1.807, 2.05) is 31.2 Å². The average Bonchev–Trinajstić information content (AvgIpc) is 3.19. The number of benzene rings is 1. The number of ether oxygens (including phenoxy) is 2. The van der Waals surface area contributed by atoms with Crippen LogP contribution in [0.2, 0.25) is 0 Å². The second-order valence-corrected chi connectivity index (χ2v) is 7.26. The van der Waals surface area contributed by atoms with Crippen LogP contribution in [0.4, 0.5) is 0 Å². The fourth-order valence-electron chi connectivity index (χ4n) is 3.85. The van der Waals surface area contributed by atoms with Crippen LogP contribution in [-0.2, 0) is 16.0 Å². The number of nitrogens with zero attached hydrogens (tertiary/aromatic N) is 1. The molecule has 1 atom stereocenters. The number of likely N-dealkylation sites (tertiary alicyclic amines) is 1. The van der Waals surface area contributed by atoms with E-state index in [9.17, 15) is 9.59 Å². The number of piperidine rings is 1. The van der Waals surface area contributed by atoms with E-state index in [4.69, 9.17) is 13.9 Å². The zero-order valence-corrected chi connectivity index (χ0v) is 16.7. The molecule has 1 saturated heterocycles. The first-order valence-electron chi connectivity index (χ1n) is 9.64. The molecule has 0 radical (unpaired) electrons. The summed E-state index contributed by atoms with van der Waals surface area (Å²) in [5.41, 5.74) is 1.47. The van der Waals surface area contributed by atoms with E-state index < -0.39 is 5.41 Å². The Morgan fingerprint density at radius 3 is 2.68 bits per heavy atom. The maximum atomic E-state index is 13.0. The SMILES string of the molecule is CCOC(=O)[C@]1(Cc2ccccc2C)CCCN(C(=O)c2ccc(OC)o2)C1. The average molecular weight is 385 g/mol. The van der Waals surface area contributed by atoms with Gasteiger partial charge in [0, 0.05) is 19.2 Å². The zero-order chi connectivity index (χ0) is 20.1. The Hall–Kier alpha value is -2.76. The fraction of sp³-hybridized carbons (Fsp3) is 0.455. The molecule has 0 unspecified atom stereocenters. The van der Waals surface area contributed by atoms with Gasteiger partial charge in [-0.1, -0.05) is 24.3 Å². The quantitative estimate of drug-likeness (QED) is 0.711. The molecule has 150 valence electrons. The lowest BCUT2D eigenvalue weighted by Gasteiger charge is -2.41. The fourth-order valence-corrected chi connectivity index (χ4v) is 3.85. The molecule has 3 rings (SSSR count). The first kappa shape index (κ1) is 20.0. The van der Waals surface area contributed by atoms with Gasteiger partial charge in [0.05, 0.1) is 19.1 Å². The number of methoxy groups -OCH3 is 1. The molecule has 2 aromatic rings. The molecule has 6 heteroatoms. The third-order valence-electron chi connectivity index (χ3n) is 5.36. The number of rotatable bonds is 6. The van der Waals surface area contributed by atoms with E-state index >= 15 is 0 Å². The monoisotopic (exact) mass is 385 g/mol. The molecule has 1 aliphatic heterocycles. The van der Waals surface area contributed by atoms with Gasteiger partial charge in [0.1, 0.15) is 0 Å². The third kappa shape index (κ3) is 4.06. The minimum atomic E-state index is -0.757. The van der Waals surface area contributed by atoms with E-state index in [0.717, 1.165) is 17.5 Å². The molecule has 0 bridgehead atoms. The first-order chi connectivity index (χ1) is 13.5. The van der Waals surface area contributed by atoms with Gasteiger partial charge in [0.15, 0.2) is 5.76 Å². The van der Waals surface area contributed by atoms with Crippen LogP contribution in [0.25, 0.3) is 0 Å². The van der Waals surface area contributed by atoms with Crippen molar-refractivity contribution in [3.63, 3.8) is 0 Å². The van der Waals surface area contributed by atoms with Crippen LogP contribution in [0.5, 0.6) is 5.95 Å². The van der Waals surface area contributed by atoms with Crippen molar-refractivity contribution in [2.24, 2.45) is 5.41 Å². The van der Waals surface area contributed by atoms with Gasteiger partial charge in [0.25, 0.3) is 11.9 Å². The summed E-state index contributed by atoms with van der Waals surface area (Å²) >= 11 is 0. The lowest BCUT2D eigenvalue weighted by Crippen LogP contribution is -2.51. The number of hydrogen-bond donors (Lipinski definition) is 0. The lowest BCUT2D eigenvalue weighted by molar-refractivity contribution is -0.158. The van der Waals surface area contributed by atoms with Crippen molar-refractivity contribution in [3.8, 4) is 5.95 Å². The van der Waals surface area contributed by atoms with Gasteiger partial charge < -0.3 is 18.8 Å². The second kappa shape index (κ2) is 8.50. The zero-order valence-electron chi connectivity index (χ0n) is 16.7. The molecule has 0 saturated carbocycles. The van der Waals surface area contributed by atoms with Crippen molar-refractivity contribution < 1.29 is 23.5 Å². The van der Waals surface area contributed by atoms with Crippen molar-refractivity contribution in [1.82, 2.24) is 4.90 Å². The van der Waals surface area contributed by atoms with Crippen molar-refractivity contribution in [2.75, 3.05) is 26.8 Å². The summed E-state index contributed by atoms with van der Waals surface area (Å²) in [5.74, 6) is 0.0264. The van der Waals surface area contributed by atoms with Gasteiger partial charge in [-0.15, -0.1) is 0 Å². The largest absolute Gasteiger partial charge is 0.468 e. The summed E-state index contributed by atoms with van der Waals surface area (Å²) < 4.78 is 15.9. The smallest absolute Gasteiger partial charge is 0.314 e. The first-order valence-corrected chi connectivity index (χ1v) is 9.64. The van der Waals surface area contributed by atoms with Gasteiger partial charge in [-0.05, 0) is 50.3 Å². The summed E-state index contributed by atoms with van der Waals surface area (Å²) in [7, 11) is 1.49. The third-order valence-corrected chi connectivity index (χ3v) is 5.36. The predicted molar refractivity (Wildman–Crippen MR) is 104 cm³/mol. The van der Waals surface area contributed by atoms with Crippen molar-refractivity contribution >= 4 is 11.9 Å². The highest BCUT2D eigenvalue weighted by Crippen LogP contribution is 2.37. The molecule has 1 aliphatic rings. The molecule has 0 spiro atoms. The Morgan fingerprint density at radius 1 is 1.21 bits per heavy atom. The molecule has 1 aromatic carbocycles. The summed E-state index contributed by atoms with van der Waals surface area (Å²) in [6.07, 6.45) is 1.96. The van der Waals surface area contributed by atoms with Crippen LogP contribution < -0.4 is 4.74 Å². The van der Waals surface area contributed by atoms with Crippen molar-refractivity contribution in [3.05, 3.63) is 53.3 Å². The van der Waals surface area contributed by atoms with E-state index in [2.05, 4.69) is 0 Å². The molecule has 1 aromatic heterocycles. The van der Waals surface area contributed by atoms with Crippen LogP contribution in [0, 0.1) is 12.3 Å². The highest BCUT2D eigenvalue weighted by molar-refractivity contribution is 5.92. The van der Waals surface area contributed by atoms with E-state index in [1.165, 1.54) is 7.11 Å². The van der Waals surface area contributed by atoms with Crippen LogP contribution in [-0.4, -0.2) is 43.6 Å². The standard InChI is InChI=1S/C22H27NO5/c1-4-27-21(25)22(14-17-9-6-5-8-16(17)2)12-7-13-23(15-22)20(24)18-10-11-19(26-3)28-18/h5-6,8-11H,4,7,12-15H2,1-3H3/t22-/m0/s1. The van der Waals surface area contributed by atoms with Crippen LogP contribution >= 0.6 is 0 Å². The molecular formula is C22H27NO5. The molecule has 0 N–H and O–H groups in total. The summed E-state index contributed by atoms with van der Waals surface area (Å²) in [4.78, 5) is 27.6. The van der Waals surface area contributed by atoms with Crippen molar-refractivity contribution in [2.45, 2.75) is 33.1 Å². The number of carbonyl (C=O) groups is 2. The van der Waals surface area contributed by atoms with Gasteiger partial charge >= 0.3 is 5.97 Å². The molecule has 0 aliphatic carbocycles. The number of aryl methyl sites for hydroxylation is 1. The normalized spacial score (nSPS) is 19.3. The predicted octanol–water partition coefficient (Wildman–Crippen LogP) is 3.62. The highest BCUT2D eigenvalue weighted by atomic mass is 16.6. The second-order valence-electron chi connectivity index (χ2n) is 7.26. The summed E-state index contributed by atoms with van der Waals surface area (Å²) in [6, 6.07) is 11.2. The van der Waals surface area contributed by atoms with Crippen LogP contribution in [0.3, 0.4) is 0 Å². The number of amides is 1. The number of furan rings is 1. The molecule has 1 fully saturated rings. The topological polar surface area (TPSA) is 69.0 Å². The molecule has 28 heavy (non-hydrogen) atoms. The Bertz CT molecular complexity index is 843. The molecular weight excluding hydrogens is 358 g/mol. The summed E-state index contributed by atoms with van der Waals surface area (Å²) in [5, 5.41) is 0. The minimum absolute atomic E-state index is 0.215. The van der Waals surface area contributed by atoms with E-state index in [0.29, 0.717) is 32.5 Å². The van der Waals surface area contributed by atoms with Gasteiger partial charge in [-0.2, -0.15) is 0 Å².